The van der Waals surface area contributed by atoms with Crippen LogP contribution in [-0.4, -0.2) is 22.2 Å². The van der Waals surface area contributed by atoms with Crippen LogP contribution < -0.4 is 0 Å². The van der Waals surface area contributed by atoms with Crippen LogP contribution in [0, 0.1) is 10.1 Å². The van der Waals surface area contributed by atoms with Crippen molar-refractivity contribution in [3.63, 3.8) is 0 Å². The first-order chi connectivity index (χ1) is 10.1. The lowest BCUT2D eigenvalue weighted by molar-refractivity contribution is -0.575. The van der Waals surface area contributed by atoms with Gasteiger partial charge in [0.1, 0.15) is 6.61 Å². The standard InChI is InChI=1S/C17H35NO3/c1-3-5-6-7-8-9-10-11-12-13-14-15-17(4-2,16-19)18(20)21/h19H,3-16H2,1-2H3. The lowest BCUT2D eigenvalue weighted by Crippen LogP contribution is -2.41. The lowest BCUT2D eigenvalue weighted by Gasteiger charge is -2.21. The summed E-state index contributed by atoms with van der Waals surface area (Å²) in [6.07, 6.45) is 14.6. The highest BCUT2D eigenvalue weighted by molar-refractivity contribution is 4.76. The van der Waals surface area contributed by atoms with Crippen LogP contribution in [0.1, 0.15) is 97.3 Å². The Balaban J connectivity index is 3.49. The van der Waals surface area contributed by atoms with Crippen LogP contribution in [0.5, 0.6) is 0 Å². The highest BCUT2D eigenvalue weighted by Crippen LogP contribution is 2.23. The zero-order valence-electron chi connectivity index (χ0n) is 14.1. The van der Waals surface area contributed by atoms with Crippen LogP contribution in [0.3, 0.4) is 0 Å². The van der Waals surface area contributed by atoms with Crippen molar-refractivity contribution in [1.82, 2.24) is 0 Å². The zero-order valence-corrected chi connectivity index (χ0v) is 14.1. The van der Waals surface area contributed by atoms with E-state index in [0.717, 1.165) is 19.3 Å². The molecule has 126 valence electrons. The Morgan fingerprint density at radius 2 is 1.29 bits per heavy atom. The van der Waals surface area contributed by atoms with Gasteiger partial charge in [0.2, 0.25) is 5.54 Å². The Bertz CT molecular complexity index is 252. The first-order valence-corrected chi connectivity index (χ1v) is 8.88. The van der Waals surface area contributed by atoms with Crippen molar-refractivity contribution < 1.29 is 10.0 Å². The van der Waals surface area contributed by atoms with Crippen LogP contribution >= 0.6 is 0 Å². The third kappa shape index (κ3) is 9.07. The minimum atomic E-state index is -1.10. The van der Waals surface area contributed by atoms with E-state index >= 15 is 0 Å². The summed E-state index contributed by atoms with van der Waals surface area (Å²) < 4.78 is 0. The van der Waals surface area contributed by atoms with Gasteiger partial charge in [-0.1, -0.05) is 78.1 Å². The Labute approximate surface area is 130 Å². The fourth-order valence-corrected chi connectivity index (χ4v) is 2.76. The summed E-state index contributed by atoms with van der Waals surface area (Å²) in [7, 11) is 0. The summed E-state index contributed by atoms with van der Waals surface area (Å²) in [5.74, 6) is 0. The van der Waals surface area contributed by atoms with Gasteiger partial charge in [0.15, 0.2) is 0 Å². The Morgan fingerprint density at radius 1 is 0.857 bits per heavy atom. The summed E-state index contributed by atoms with van der Waals surface area (Å²) in [5.41, 5.74) is -1.10. The minimum absolute atomic E-state index is 0.288. The van der Waals surface area contributed by atoms with Gasteiger partial charge in [-0.15, -0.1) is 0 Å². The predicted molar refractivity (Wildman–Crippen MR) is 88.2 cm³/mol. The molecule has 0 fully saturated rings. The summed E-state index contributed by atoms with van der Waals surface area (Å²) >= 11 is 0. The summed E-state index contributed by atoms with van der Waals surface area (Å²) in [4.78, 5) is 10.8. The Hall–Kier alpha value is -0.640. The molecule has 0 aliphatic carbocycles. The molecule has 4 nitrogen and oxygen atoms in total. The molecule has 0 bridgehead atoms. The summed E-state index contributed by atoms with van der Waals surface area (Å²) in [6, 6.07) is 0. The normalized spacial score (nSPS) is 14.0. The molecule has 0 aliphatic heterocycles. The molecule has 0 aromatic rings. The Kier molecular flexibility index (Phi) is 12.7. The number of aliphatic hydroxyl groups is 1. The zero-order chi connectivity index (χ0) is 16.0. The third-order valence-corrected chi connectivity index (χ3v) is 4.59. The van der Waals surface area contributed by atoms with E-state index in [1.54, 1.807) is 6.92 Å². The largest absolute Gasteiger partial charge is 0.389 e. The Morgan fingerprint density at radius 3 is 1.62 bits per heavy atom. The van der Waals surface area contributed by atoms with Crippen molar-refractivity contribution in [2.24, 2.45) is 0 Å². The van der Waals surface area contributed by atoms with E-state index in [1.807, 2.05) is 0 Å². The molecule has 0 saturated carbocycles. The van der Waals surface area contributed by atoms with Crippen molar-refractivity contribution in [3.05, 3.63) is 10.1 Å². The number of unbranched alkanes of at least 4 members (excludes halogenated alkanes) is 10. The highest BCUT2D eigenvalue weighted by atomic mass is 16.6. The summed E-state index contributed by atoms with van der Waals surface area (Å²) in [6.45, 7) is 3.69. The van der Waals surface area contributed by atoms with Crippen molar-refractivity contribution in [3.8, 4) is 0 Å². The van der Waals surface area contributed by atoms with Crippen LogP contribution in [0.15, 0.2) is 0 Å². The first-order valence-electron chi connectivity index (χ1n) is 8.88. The maximum absolute atomic E-state index is 11.0. The monoisotopic (exact) mass is 301 g/mol. The van der Waals surface area contributed by atoms with Gasteiger partial charge in [0.25, 0.3) is 0 Å². The molecule has 0 rings (SSSR count). The highest BCUT2D eigenvalue weighted by Gasteiger charge is 2.39. The first kappa shape index (κ1) is 20.4. The van der Waals surface area contributed by atoms with E-state index in [2.05, 4.69) is 6.92 Å². The molecule has 0 heterocycles. The van der Waals surface area contributed by atoms with E-state index in [4.69, 9.17) is 0 Å². The van der Waals surface area contributed by atoms with E-state index < -0.39 is 5.54 Å². The maximum Gasteiger partial charge on any atom is 0.244 e. The minimum Gasteiger partial charge on any atom is -0.389 e. The number of nitro groups is 1. The number of nitrogens with zero attached hydrogens (tertiary/aromatic N) is 1. The van der Waals surface area contributed by atoms with E-state index in [-0.39, 0.29) is 11.5 Å². The molecule has 0 saturated heterocycles. The van der Waals surface area contributed by atoms with Crippen LogP contribution in [-0.2, 0) is 0 Å². The van der Waals surface area contributed by atoms with Gasteiger partial charge in [-0.05, 0) is 6.42 Å². The van der Waals surface area contributed by atoms with Gasteiger partial charge in [0.05, 0.1) is 0 Å². The van der Waals surface area contributed by atoms with Crippen molar-refractivity contribution >= 4 is 0 Å². The van der Waals surface area contributed by atoms with Gasteiger partial charge in [0, 0.05) is 17.8 Å². The maximum atomic E-state index is 11.0. The number of hydrogen-bond acceptors (Lipinski definition) is 3. The van der Waals surface area contributed by atoms with Crippen LogP contribution in [0.2, 0.25) is 0 Å². The van der Waals surface area contributed by atoms with Gasteiger partial charge < -0.3 is 5.11 Å². The smallest absolute Gasteiger partial charge is 0.244 e. The molecule has 0 radical (unpaired) electrons. The quantitative estimate of drug-likeness (QED) is 0.260. The molecule has 0 aromatic heterocycles. The molecule has 1 atom stereocenters. The third-order valence-electron chi connectivity index (χ3n) is 4.59. The van der Waals surface area contributed by atoms with E-state index in [1.165, 1.54) is 51.4 Å². The average molecular weight is 301 g/mol. The van der Waals surface area contributed by atoms with E-state index in [9.17, 15) is 15.2 Å². The fourth-order valence-electron chi connectivity index (χ4n) is 2.76. The second kappa shape index (κ2) is 13.1. The van der Waals surface area contributed by atoms with Crippen molar-refractivity contribution in [2.75, 3.05) is 6.61 Å². The lowest BCUT2D eigenvalue weighted by atomic mass is 9.90. The van der Waals surface area contributed by atoms with Gasteiger partial charge >= 0.3 is 0 Å². The SMILES string of the molecule is CCCCCCCCCCCCCC(CC)(CO)[N+](=O)[O-]. The summed E-state index contributed by atoms with van der Waals surface area (Å²) in [5, 5.41) is 20.3. The molecule has 1 unspecified atom stereocenters. The molecule has 0 aliphatic rings. The molecular weight excluding hydrogens is 266 g/mol. The second-order valence-electron chi connectivity index (χ2n) is 6.28. The molecule has 21 heavy (non-hydrogen) atoms. The molecule has 0 spiro atoms. The molecule has 4 heteroatoms. The van der Waals surface area contributed by atoms with Gasteiger partial charge in [-0.3, -0.25) is 10.1 Å². The number of rotatable bonds is 15. The van der Waals surface area contributed by atoms with Gasteiger partial charge in [-0.25, -0.2) is 0 Å². The average Bonchev–Trinajstić information content (AvgIpc) is 2.49. The second-order valence-corrected chi connectivity index (χ2v) is 6.28. The predicted octanol–water partition coefficient (Wildman–Crippen LogP) is 5.11. The van der Waals surface area contributed by atoms with Gasteiger partial charge in [-0.2, -0.15) is 0 Å². The van der Waals surface area contributed by atoms with E-state index in [0.29, 0.717) is 12.8 Å². The number of hydrogen-bond donors (Lipinski definition) is 1. The molecular formula is C17H35NO3. The fraction of sp³-hybridized carbons (Fsp3) is 1.00. The van der Waals surface area contributed by atoms with Crippen LogP contribution in [0.4, 0.5) is 0 Å². The topological polar surface area (TPSA) is 63.4 Å². The number of aliphatic hydroxyl groups excluding tert-OH is 1. The molecule has 0 amide bonds. The molecule has 1 N–H and O–H groups in total. The van der Waals surface area contributed by atoms with Crippen LogP contribution in [0.25, 0.3) is 0 Å². The van der Waals surface area contributed by atoms with Crippen molar-refractivity contribution in [1.29, 1.82) is 0 Å². The van der Waals surface area contributed by atoms with Crippen molar-refractivity contribution in [2.45, 2.75) is 103 Å². The molecule has 0 aromatic carbocycles.